The van der Waals surface area contributed by atoms with Crippen molar-refractivity contribution in [2.45, 2.75) is 6.54 Å². The summed E-state index contributed by atoms with van der Waals surface area (Å²) < 4.78 is 4.08. The van der Waals surface area contributed by atoms with Crippen LogP contribution in [0, 0.1) is 0 Å². The average molecular weight is 307 g/mol. The normalized spacial score (nSPS) is 11.3. The van der Waals surface area contributed by atoms with Crippen molar-refractivity contribution >= 4 is 37.4 Å². The third kappa shape index (κ3) is 2.07. The summed E-state index contributed by atoms with van der Waals surface area (Å²) >= 11 is 1.78. The van der Waals surface area contributed by atoms with Crippen LogP contribution in [0.3, 0.4) is 0 Å². The van der Waals surface area contributed by atoms with Crippen molar-refractivity contribution in [3.05, 3.63) is 54.9 Å². The van der Waals surface area contributed by atoms with Crippen molar-refractivity contribution < 1.29 is 4.79 Å². The summed E-state index contributed by atoms with van der Waals surface area (Å²) in [5.74, 6) is -0.394. The third-order valence-corrected chi connectivity index (χ3v) is 4.89. The number of amides is 1. The van der Waals surface area contributed by atoms with Gasteiger partial charge in [0, 0.05) is 37.5 Å². The Morgan fingerprint density at radius 1 is 1.14 bits per heavy atom. The Kier molecular flexibility index (Phi) is 2.94. The molecule has 0 spiro atoms. The van der Waals surface area contributed by atoms with Crippen LogP contribution in [0.2, 0.25) is 0 Å². The molecule has 2 heterocycles. The molecule has 0 saturated carbocycles. The first-order valence-electron chi connectivity index (χ1n) is 6.94. The molecule has 4 rings (SSSR count). The molecule has 0 fully saturated rings. The van der Waals surface area contributed by atoms with Crippen LogP contribution in [-0.2, 0) is 11.3 Å². The molecule has 0 unspecified atom stereocenters. The van der Waals surface area contributed by atoms with Crippen molar-refractivity contribution in [3.8, 4) is 11.1 Å². The average Bonchev–Trinajstić information content (AvgIpc) is 3.10. The van der Waals surface area contributed by atoms with Gasteiger partial charge in [0.2, 0.25) is 5.91 Å². The predicted molar refractivity (Wildman–Crippen MR) is 89.7 cm³/mol. The topological polar surface area (TPSA) is 60.9 Å². The van der Waals surface area contributed by atoms with Gasteiger partial charge >= 0.3 is 0 Å². The van der Waals surface area contributed by atoms with Crippen molar-refractivity contribution in [1.82, 2.24) is 9.78 Å². The highest BCUT2D eigenvalue weighted by molar-refractivity contribution is 7.26. The van der Waals surface area contributed by atoms with Gasteiger partial charge in [-0.05, 0) is 6.07 Å². The number of hydrogen-bond donors (Lipinski definition) is 1. The molecule has 0 aliphatic heterocycles. The standard InChI is InChI=1S/C17H13N3OS/c18-16(21)10-20-9-11(8-19-20)12-5-3-6-14-13-4-1-2-7-15(13)22-17(12)14/h1-9H,10H2,(H2,18,21). The maximum Gasteiger partial charge on any atom is 0.239 e. The van der Waals surface area contributed by atoms with Crippen LogP contribution in [-0.4, -0.2) is 15.7 Å². The third-order valence-electron chi connectivity index (χ3n) is 3.67. The maximum atomic E-state index is 11.0. The van der Waals surface area contributed by atoms with Crippen molar-refractivity contribution in [1.29, 1.82) is 0 Å². The Hall–Kier alpha value is -2.66. The lowest BCUT2D eigenvalue weighted by molar-refractivity contribution is -0.118. The van der Waals surface area contributed by atoms with Crippen LogP contribution in [0.1, 0.15) is 0 Å². The number of aromatic nitrogens is 2. The predicted octanol–water partition coefficient (Wildman–Crippen LogP) is 3.40. The Morgan fingerprint density at radius 3 is 2.82 bits per heavy atom. The SMILES string of the molecule is NC(=O)Cn1cc(-c2cccc3c2sc2ccccc23)cn1. The molecule has 5 heteroatoms. The number of benzene rings is 2. The van der Waals surface area contributed by atoms with E-state index in [4.69, 9.17) is 5.73 Å². The lowest BCUT2D eigenvalue weighted by Crippen LogP contribution is -2.18. The number of primary amides is 1. The van der Waals surface area contributed by atoms with E-state index >= 15 is 0 Å². The number of nitrogens with two attached hydrogens (primary N) is 1. The summed E-state index contributed by atoms with van der Waals surface area (Å²) in [4.78, 5) is 11.0. The number of nitrogens with zero attached hydrogens (tertiary/aromatic N) is 2. The number of carbonyl (C=O) groups excluding carboxylic acids is 1. The van der Waals surface area contributed by atoms with Gasteiger partial charge in [-0.15, -0.1) is 11.3 Å². The summed E-state index contributed by atoms with van der Waals surface area (Å²) in [6.07, 6.45) is 3.64. The van der Waals surface area contributed by atoms with Crippen LogP contribution in [0.4, 0.5) is 0 Å². The first-order valence-corrected chi connectivity index (χ1v) is 7.75. The zero-order valence-corrected chi connectivity index (χ0v) is 12.5. The van der Waals surface area contributed by atoms with Gasteiger partial charge in [0.1, 0.15) is 6.54 Å². The molecule has 0 aliphatic rings. The highest BCUT2D eigenvalue weighted by Gasteiger charge is 2.11. The monoisotopic (exact) mass is 307 g/mol. The Balaban J connectivity index is 1.91. The van der Waals surface area contributed by atoms with E-state index in [-0.39, 0.29) is 6.54 Å². The van der Waals surface area contributed by atoms with E-state index in [1.54, 1.807) is 22.2 Å². The summed E-state index contributed by atoms with van der Waals surface area (Å²) in [6, 6.07) is 14.7. The fourth-order valence-corrected chi connectivity index (χ4v) is 3.96. The second-order valence-corrected chi connectivity index (χ2v) is 6.23. The lowest BCUT2D eigenvalue weighted by Gasteiger charge is -2.00. The number of fused-ring (bicyclic) bond motifs is 3. The van der Waals surface area contributed by atoms with E-state index in [0.29, 0.717) is 0 Å². The molecular weight excluding hydrogens is 294 g/mol. The maximum absolute atomic E-state index is 11.0. The van der Waals surface area contributed by atoms with Crippen LogP contribution in [0.15, 0.2) is 54.9 Å². The Labute approximate surface area is 130 Å². The molecule has 4 nitrogen and oxygen atoms in total. The van der Waals surface area contributed by atoms with Gasteiger partial charge in [-0.25, -0.2) is 0 Å². The zero-order valence-electron chi connectivity index (χ0n) is 11.7. The van der Waals surface area contributed by atoms with Crippen molar-refractivity contribution in [2.24, 2.45) is 5.73 Å². The van der Waals surface area contributed by atoms with Gasteiger partial charge in [-0.1, -0.05) is 36.4 Å². The molecular formula is C17H13N3OS. The lowest BCUT2D eigenvalue weighted by atomic mass is 10.1. The number of carbonyl (C=O) groups is 1. The summed E-state index contributed by atoms with van der Waals surface area (Å²) in [5.41, 5.74) is 7.35. The van der Waals surface area contributed by atoms with E-state index < -0.39 is 5.91 Å². The number of hydrogen-bond acceptors (Lipinski definition) is 3. The summed E-state index contributed by atoms with van der Waals surface area (Å²) in [7, 11) is 0. The van der Waals surface area contributed by atoms with E-state index in [9.17, 15) is 4.79 Å². The zero-order chi connectivity index (χ0) is 15.1. The molecule has 2 aromatic heterocycles. The quantitative estimate of drug-likeness (QED) is 0.630. The highest BCUT2D eigenvalue weighted by Crippen LogP contribution is 2.39. The molecule has 22 heavy (non-hydrogen) atoms. The van der Waals surface area contributed by atoms with Crippen molar-refractivity contribution in [3.63, 3.8) is 0 Å². The molecule has 2 N–H and O–H groups in total. The Bertz CT molecular complexity index is 999. The van der Waals surface area contributed by atoms with E-state index in [1.807, 2.05) is 6.20 Å². The molecule has 1 amide bonds. The van der Waals surface area contributed by atoms with Crippen LogP contribution in [0.5, 0.6) is 0 Å². The molecule has 4 aromatic rings. The van der Waals surface area contributed by atoms with Gasteiger partial charge in [-0.3, -0.25) is 9.48 Å². The molecule has 2 aromatic carbocycles. The van der Waals surface area contributed by atoms with E-state index in [0.717, 1.165) is 11.1 Å². The van der Waals surface area contributed by atoms with Crippen LogP contribution >= 0.6 is 11.3 Å². The molecule has 0 saturated heterocycles. The summed E-state index contributed by atoms with van der Waals surface area (Å²) in [5, 5.41) is 6.74. The minimum Gasteiger partial charge on any atom is -0.368 e. The fraction of sp³-hybridized carbons (Fsp3) is 0.0588. The number of rotatable bonds is 3. The second kappa shape index (κ2) is 4.96. The van der Waals surface area contributed by atoms with Gasteiger partial charge in [0.05, 0.1) is 6.20 Å². The van der Waals surface area contributed by atoms with E-state index in [2.05, 4.69) is 47.6 Å². The van der Waals surface area contributed by atoms with E-state index in [1.165, 1.54) is 20.2 Å². The smallest absolute Gasteiger partial charge is 0.239 e. The molecule has 0 aliphatic carbocycles. The first kappa shape index (κ1) is 13.0. The molecule has 0 bridgehead atoms. The second-order valence-electron chi connectivity index (χ2n) is 5.17. The van der Waals surface area contributed by atoms with Crippen LogP contribution < -0.4 is 5.73 Å². The van der Waals surface area contributed by atoms with Gasteiger partial charge in [0.15, 0.2) is 0 Å². The molecule has 0 radical (unpaired) electrons. The van der Waals surface area contributed by atoms with Gasteiger partial charge in [0.25, 0.3) is 0 Å². The van der Waals surface area contributed by atoms with Crippen LogP contribution in [0.25, 0.3) is 31.3 Å². The van der Waals surface area contributed by atoms with Gasteiger partial charge in [-0.2, -0.15) is 5.10 Å². The molecule has 0 atom stereocenters. The summed E-state index contributed by atoms with van der Waals surface area (Å²) in [6.45, 7) is 0.0996. The van der Waals surface area contributed by atoms with Gasteiger partial charge < -0.3 is 5.73 Å². The largest absolute Gasteiger partial charge is 0.368 e. The van der Waals surface area contributed by atoms with Crippen molar-refractivity contribution in [2.75, 3.05) is 0 Å². The minimum absolute atomic E-state index is 0.0996. The minimum atomic E-state index is -0.394. The fourth-order valence-electron chi connectivity index (χ4n) is 2.72. The first-order chi connectivity index (χ1) is 10.7. The molecule has 108 valence electrons. The Morgan fingerprint density at radius 2 is 1.95 bits per heavy atom. The highest BCUT2D eigenvalue weighted by atomic mass is 32.1. The number of thiophene rings is 1.